The van der Waals surface area contributed by atoms with Crippen LogP contribution in [-0.4, -0.2) is 12.4 Å². The summed E-state index contributed by atoms with van der Waals surface area (Å²) >= 11 is 0. The van der Waals surface area contributed by atoms with Crippen molar-refractivity contribution in [2.45, 2.75) is 18.7 Å². The van der Waals surface area contributed by atoms with Crippen molar-refractivity contribution in [3.05, 3.63) is 90.0 Å². The lowest BCUT2D eigenvalue weighted by Crippen LogP contribution is -2.14. The van der Waals surface area contributed by atoms with E-state index in [4.69, 9.17) is 0 Å². The predicted molar refractivity (Wildman–Crippen MR) is 106 cm³/mol. The Morgan fingerprint density at radius 3 is 2.08 bits per heavy atom. The molecule has 0 radical (unpaired) electrons. The molecule has 0 aliphatic rings. The highest BCUT2D eigenvalue weighted by Gasteiger charge is 2.23. The van der Waals surface area contributed by atoms with Gasteiger partial charge in [-0.1, -0.05) is 59.7 Å². The van der Waals surface area contributed by atoms with Crippen LogP contribution in [0.1, 0.15) is 11.1 Å². The highest BCUT2D eigenvalue weighted by atomic mass is 32.2. The average Bonchev–Trinajstić information content (AvgIpc) is 3.02. The minimum atomic E-state index is -3.71. The van der Waals surface area contributed by atoms with E-state index in [2.05, 4.69) is 0 Å². The van der Waals surface area contributed by atoms with E-state index in [1.54, 1.807) is 12.1 Å². The SMILES string of the molecule is Cc1ccc(S(=O)(=O)n2c(-c3ccccc3)cc3cc(C)ccc32)cc1. The summed E-state index contributed by atoms with van der Waals surface area (Å²) in [5, 5.41) is 0.916. The number of aryl methyl sites for hydroxylation is 2. The molecule has 0 amide bonds. The number of benzene rings is 3. The minimum Gasteiger partial charge on any atom is -0.233 e. The molecule has 26 heavy (non-hydrogen) atoms. The number of aromatic nitrogens is 1. The van der Waals surface area contributed by atoms with E-state index in [0.717, 1.165) is 22.1 Å². The fourth-order valence-electron chi connectivity index (χ4n) is 3.19. The Labute approximate surface area is 153 Å². The summed E-state index contributed by atoms with van der Waals surface area (Å²) in [5.74, 6) is 0. The van der Waals surface area contributed by atoms with E-state index in [-0.39, 0.29) is 0 Å². The maximum absolute atomic E-state index is 13.5. The Morgan fingerprint density at radius 2 is 1.38 bits per heavy atom. The summed E-state index contributed by atoms with van der Waals surface area (Å²) in [7, 11) is -3.71. The van der Waals surface area contributed by atoms with Gasteiger partial charge in [0.25, 0.3) is 10.0 Å². The lowest BCUT2D eigenvalue weighted by Gasteiger charge is -2.12. The molecule has 3 aromatic carbocycles. The summed E-state index contributed by atoms with van der Waals surface area (Å²) in [6, 6.07) is 24.4. The topological polar surface area (TPSA) is 39.1 Å². The maximum atomic E-state index is 13.5. The largest absolute Gasteiger partial charge is 0.268 e. The molecule has 130 valence electrons. The third-order valence-corrected chi connectivity index (χ3v) is 6.28. The molecule has 3 nitrogen and oxygen atoms in total. The van der Waals surface area contributed by atoms with Crippen LogP contribution in [0.2, 0.25) is 0 Å². The molecule has 0 atom stereocenters. The van der Waals surface area contributed by atoms with Gasteiger partial charge in [-0.2, -0.15) is 0 Å². The van der Waals surface area contributed by atoms with Gasteiger partial charge in [-0.25, -0.2) is 12.4 Å². The van der Waals surface area contributed by atoms with E-state index in [0.29, 0.717) is 16.1 Å². The van der Waals surface area contributed by atoms with Crippen molar-refractivity contribution in [2.75, 3.05) is 0 Å². The molecule has 1 heterocycles. The second-order valence-electron chi connectivity index (χ2n) is 6.54. The summed E-state index contributed by atoms with van der Waals surface area (Å²) in [5.41, 5.74) is 4.36. The van der Waals surface area contributed by atoms with Gasteiger partial charge in [-0.05, 0) is 49.7 Å². The van der Waals surface area contributed by atoms with E-state index in [1.807, 2.05) is 80.6 Å². The summed E-state index contributed by atoms with van der Waals surface area (Å²) in [4.78, 5) is 0.290. The van der Waals surface area contributed by atoms with Crippen molar-refractivity contribution in [1.82, 2.24) is 3.97 Å². The average molecular weight is 361 g/mol. The molecule has 0 bridgehead atoms. The Morgan fingerprint density at radius 1 is 0.731 bits per heavy atom. The molecule has 0 fully saturated rings. The number of fused-ring (bicyclic) bond motifs is 1. The monoisotopic (exact) mass is 361 g/mol. The van der Waals surface area contributed by atoms with Crippen LogP contribution in [0.3, 0.4) is 0 Å². The van der Waals surface area contributed by atoms with Crippen LogP contribution >= 0.6 is 0 Å². The van der Waals surface area contributed by atoms with Gasteiger partial charge in [0.15, 0.2) is 0 Å². The highest BCUT2D eigenvalue weighted by Crippen LogP contribution is 2.32. The lowest BCUT2D eigenvalue weighted by atomic mass is 10.1. The molecule has 1 aromatic heterocycles. The second kappa shape index (κ2) is 6.15. The van der Waals surface area contributed by atoms with Crippen molar-refractivity contribution >= 4 is 20.9 Å². The van der Waals surface area contributed by atoms with Crippen molar-refractivity contribution in [3.63, 3.8) is 0 Å². The molecule has 0 aliphatic heterocycles. The van der Waals surface area contributed by atoms with Gasteiger partial charge >= 0.3 is 0 Å². The second-order valence-corrected chi connectivity index (χ2v) is 8.33. The van der Waals surface area contributed by atoms with Crippen molar-refractivity contribution in [2.24, 2.45) is 0 Å². The summed E-state index contributed by atoms with van der Waals surface area (Å²) < 4.78 is 28.4. The molecule has 0 N–H and O–H groups in total. The third kappa shape index (κ3) is 2.72. The first-order valence-corrected chi connectivity index (χ1v) is 9.90. The zero-order chi connectivity index (χ0) is 18.3. The Hall–Kier alpha value is -2.85. The van der Waals surface area contributed by atoms with Crippen molar-refractivity contribution < 1.29 is 8.42 Å². The minimum absolute atomic E-state index is 0.290. The zero-order valence-electron chi connectivity index (χ0n) is 14.7. The molecule has 4 heteroatoms. The Kier molecular flexibility index (Phi) is 3.93. The van der Waals surface area contributed by atoms with Crippen LogP contribution in [0, 0.1) is 13.8 Å². The molecule has 4 rings (SSSR count). The molecule has 0 unspecified atom stereocenters. The van der Waals surface area contributed by atoms with Crippen LogP contribution in [0.15, 0.2) is 83.8 Å². The van der Waals surface area contributed by atoms with Crippen LogP contribution in [0.4, 0.5) is 0 Å². The highest BCUT2D eigenvalue weighted by molar-refractivity contribution is 7.90. The number of nitrogens with zero attached hydrogens (tertiary/aromatic N) is 1. The zero-order valence-corrected chi connectivity index (χ0v) is 15.5. The quantitative estimate of drug-likeness (QED) is 0.505. The van der Waals surface area contributed by atoms with E-state index in [1.165, 1.54) is 3.97 Å². The first-order valence-electron chi connectivity index (χ1n) is 8.46. The van der Waals surface area contributed by atoms with E-state index in [9.17, 15) is 8.42 Å². The van der Waals surface area contributed by atoms with Crippen LogP contribution in [0.25, 0.3) is 22.2 Å². The smallest absolute Gasteiger partial charge is 0.233 e. The van der Waals surface area contributed by atoms with Gasteiger partial charge in [-0.15, -0.1) is 0 Å². The lowest BCUT2D eigenvalue weighted by molar-refractivity contribution is 0.589. The molecule has 0 aliphatic carbocycles. The molecule has 0 spiro atoms. The Balaban J connectivity index is 2.06. The Bertz CT molecular complexity index is 1190. The van der Waals surface area contributed by atoms with Gasteiger partial charge in [0.05, 0.1) is 16.1 Å². The maximum Gasteiger partial charge on any atom is 0.268 e. The van der Waals surface area contributed by atoms with Crippen LogP contribution < -0.4 is 0 Å². The molecular weight excluding hydrogens is 342 g/mol. The van der Waals surface area contributed by atoms with Gasteiger partial charge in [-0.3, -0.25) is 0 Å². The van der Waals surface area contributed by atoms with E-state index >= 15 is 0 Å². The number of hydrogen-bond acceptors (Lipinski definition) is 2. The van der Waals surface area contributed by atoms with Gasteiger partial charge in [0, 0.05) is 5.39 Å². The standard InChI is InChI=1S/C22H19NO2S/c1-16-8-11-20(12-9-16)26(24,25)23-21-13-10-17(2)14-19(21)15-22(23)18-6-4-3-5-7-18/h3-15H,1-2H3. The number of hydrogen-bond donors (Lipinski definition) is 0. The molecule has 0 saturated carbocycles. The molecular formula is C22H19NO2S. The summed E-state index contributed by atoms with van der Waals surface area (Å²) in [6.07, 6.45) is 0. The fourth-order valence-corrected chi connectivity index (χ4v) is 4.73. The van der Waals surface area contributed by atoms with Gasteiger partial charge in [0.2, 0.25) is 0 Å². The number of rotatable bonds is 3. The van der Waals surface area contributed by atoms with E-state index < -0.39 is 10.0 Å². The molecule has 4 aromatic rings. The normalized spacial score (nSPS) is 11.8. The molecule has 0 saturated heterocycles. The van der Waals surface area contributed by atoms with Gasteiger partial charge in [0.1, 0.15) is 0 Å². The predicted octanol–water partition coefficient (Wildman–Crippen LogP) is 5.16. The summed E-state index contributed by atoms with van der Waals surface area (Å²) in [6.45, 7) is 3.95. The first-order chi connectivity index (χ1) is 12.5. The van der Waals surface area contributed by atoms with Crippen LogP contribution in [0.5, 0.6) is 0 Å². The third-order valence-electron chi connectivity index (χ3n) is 4.54. The first kappa shape index (κ1) is 16.6. The van der Waals surface area contributed by atoms with Gasteiger partial charge < -0.3 is 0 Å². The van der Waals surface area contributed by atoms with Crippen molar-refractivity contribution in [3.8, 4) is 11.3 Å². The fraction of sp³-hybridized carbons (Fsp3) is 0.0909. The van der Waals surface area contributed by atoms with Crippen molar-refractivity contribution in [1.29, 1.82) is 0 Å². The van der Waals surface area contributed by atoms with Crippen LogP contribution in [-0.2, 0) is 10.0 Å².